The van der Waals surface area contributed by atoms with Gasteiger partial charge in [-0.2, -0.15) is 0 Å². The lowest BCUT2D eigenvalue weighted by atomic mass is 9.87. The van der Waals surface area contributed by atoms with Crippen LogP contribution in [0.3, 0.4) is 0 Å². The van der Waals surface area contributed by atoms with E-state index in [4.69, 9.17) is 4.74 Å². The second-order valence-corrected chi connectivity index (χ2v) is 9.52. The van der Waals surface area contributed by atoms with E-state index in [1.807, 2.05) is 42.2 Å². The third kappa shape index (κ3) is 3.92. The highest BCUT2D eigenvalue weighted by Gasteiger charge is 2.51. The first kappa shape index (κ1) is 20.8. The van der Waals surface area contributed by atoms with Crippen LogP contribution in [-0.4, -0.2) is 74.6 Å². The zero-order valence-electron chi connectivity index (χ0n) is 16.3. The van der Waals surface area contributed by atoms with Crippen LogP contribution >= 0.6 is 0 Å². The third-order valence-electron chi connectivity index (χ3n) is 5.60. The van der Waals surface area contributed by atoms with Crippen molar-refractivity contribution >= 4 is 21.8 Å². The Hall–Kier alpha value is -1.97. The molecule has 154 valence electrons. The highest BCUT2D eigenvalue weighted by Crippen LogP contribution is 2.32. The van der Waals surface area contributed by atoms with Gasteiger partial charge in [0.1, 0.15) is 5.54 Å². The molecule has 2 heterocycles. The van der Waals surface area contributed by atoms with E-state index in [-0.39, 0.29) is 30.1 Å². The third-order valence-corrected chi connectivity index (χ3v) is 7.35. The van der Waals surface area contributed by atoms with Crippen LogP contribution in [0.5, 0.6) is 0 Å². The number of imide groups is 1. The van der Waals surface area contributed by atoms with Crippen molar-refractivity contribution in [3.8, 4) is 0 Å². The average molecular weight is 410 g/mol. The van der Waals surface area contributed by atoms with Gasteiger partial charge in [-0.3, -0.25) is 9.69 Å². The molecule has 2 saturated heterocycles. The quantitative estimate of drug-likeness (QED) is 0.642. The Kier molecular flexibility index (Phi) is 6.07. The monoisotopic (exact) mass is 409 g/mol. The summed E-state index contributed by atoms with van der Waals surface area (Å²) in [6.07, 6.45) is 0.918. The molecule has 0 bridgehead atoms. The fourth-order valence-electron chi connectivity index (χ4n) is 3.94. The SMILES string of the molecule is CC[C@]1(c2ccccc2)NC(=O)N(CN(CCOC)[C@@H]2CCS(=O)(=O)C2)C1=O. The molecule has 0 saturated carbocycles. The minimum absolute atomic E-state index is 0.0397. The molecule has 2 fully saturated rings. The first-order chi connectivity index (χ1) is 13.3. The molecule has 2 aliphatic heterocycles. The van der Waals surface area contributed by atoms with Gasteiger partial charge in [-0.15, -0.1) is 0 Å². The van der Waals surface area contributed by atoms with Gasteiger partial charge < -0.3 is 10.1 Å². The van der Waals surface area contributed by atoms with Crippen molar-refractivity contribution in [2.45, 2.75) is 31.3 Å². The molecule has 0 unspecified atom stereocenters. The van der Waals surface area contributed by atoms with Crippen LogP contribution < -0.4 is 5.32 Å². The van der Waals surface area contributed by atoms with Crippen LogP contribution in [0.4, 0.5) is 4.79 Å². The molecule has 2 aliphatic rings. The summed E-state index contributed by atoms with van der Waals surface area (Å²) in [5.41, 5.74) is -0.349. The van der Waals surface area contributed by atoms with Crippen molar-refractivity contribution in [1.29, 1.82) is 0 Å². The number of amides is 3. The van der Waals surface area contributed by atoms with Gasteiger partial charge in [-0.05, 0) is 18.4 Å². The molecule has 0 aromatic heterocycles. The first-order valence-corrected chi connectivity index (χ1v) is 11.3. The maximum Gasteiger partial charge on any atom is 0.326 e. The van der Waals surface area contributed by atoms with Gasteiger partial charge in [-0.25, -0.2) is 18.1 Å². The smallest absolute Gasteiger partial charge is 0.326 e. The van der Waals surface area contributed by atoms with E-state index in [2.05, 4.69) is 5.32 Å². The molecular formula is C19H27N3O5S. The molecule has 2 atom stereocenters. The molecule has 1 aromatic carbocycles. The lowest BCUT2D eigenvalue weighted by Gasteiger charge is -2.31. The van der Waals surface area contributed by atoms with Crippen molar-refractivity contribution in [2.24, 2.45) is 0 Å². The van der Waals surface area contributed by atoms with E-state index < -0.39 is 21.4 Å². The number of hydrogen-bond donors (Lipinski definition) is 1. The highest BCUT2D eigenvalue weighted by molar-refractivity contribution is 7.91. The number of hydrogen-bond acceptors (Lipinski definition) is 6. The topological polar surface area (TPSA) is 96.0 Å². The number of ether oxygens (including phenoxy) is 1. The van der Waals surface area contributed by atoms with Gasteiger partial charge in [0.15, 0.2) is 9.84 Å². The Labute approximate surface area is 165 Å². The molecule has 8 nitrogen and oxygen atoms in total. The Morgan fingerprint density at radius 2 is 2.00 bits per heavy atom. The summed E-state index contributed by atoms with van der Waals surface area (Å²) < 4.78 is 28.9. The van der Waals surface area contributed by atoms with E-state index in [1.165, 1.54) is 4.90 Å². The fraction of sp³-hybridized carbons (Fsp3) is 0.579. The summed E-state index contributed by atoms with van der Waals surface area (Å²) in [6, 6.07) is 8.51. The van der Waals surface area contributed by atoms with E-state index in [1.54, 1.807) is 7.11 Å². The maximum absolute atomic E-state index is 13.3. The number of sulfone groups is 1. The zero-order valence-corrected chi connectivity index (χ0v) is 17.1. The van der Waals surface area contributed by atoms with Gasteiger partial charge in [0, 0.05) is 19.7 Å². The maximum atomic E-state index is 13.3. The Morgan fingerprint density at radius 1 is 1.29 bits per heavy atom. The van der Waals surface area contributed by atoms with Crippen LogP contribution in [0.2, 0.25) is 0 Å². The normalized spacial score (nSPS) is 26.8. The van der Waals surface area contributed by atoms with Crippen LogP contribution in [-0.2, 0) is 24.9 Å². The predicted octanol–water partition coefficient (Wildman–Crippen LogP) is 0.937. The van der Waals surface area contributed by atoms with Gasteiger partial charge >= 0.3 is 6.03 Å². The van der Waals surface area contributed by atoms with E-state index in [0.717, 1.165) is 5.56 Å². The molecular weight excluding hydrogens is 382 g/mol. The molecule has 3 rings (SSSR count). The standard InChI is InChI=1S/C19H27N3O5S/c1-3-19(15-7-5-4-6-8-15)17(23)22(18(24)20-19)14-21(10-11-27-2)16-9-12-28(25,26)13-16/h4-8,16H,3,9-14H2,1-2H3,(H,20,24)/t16-,19-/m1/s1. The number of nitrogens with zero attached hydrogens (tertiary/aromatic N) is 2. The van der Waals surface area contributed by atoms with Gasteiger partial charge in [0.25, 0.3) is 5.91 Å². The Balaban J connectivity index is 1.83. The summed E-state index contributed by atoms with van der Waals surface area (Å²) in [4.78, 5) is 29.0. The number of urea groups is 1. The van der Waals surface area contributed by atoms with Gasteiger partial charge in [0.2, 0.25) is 0 Å². The van der Waals surface area contributed by atoms with Gasteiger partial charge in [0.05, 0.1) is 24.8 Å². The van der Waals surface area contributed by atoms with Crippen molar-refractivity contribution in [3.63, 3.8) is 0 Å². The summed E-state index contributed by atoms with van der Waals surface area (Å²) in [6.45, 7) is 2.74. The molecule has 3 amide bonds. The molecule has 1 aromatic rings. The summed E-state index contributed by atoms with van der Waals surface area (Å²) in [5, 5.41) is 2.86. The fourth-order valence-corrected chi connectivity index (χ4v) is 5.70. The second-order valence-electron chi connectivity index (χ2n) is 7.29. The molecule has 0 aliphatic carbocycles. The Bertz CT molecular complexity index is 829. The number of benzene rings is 1. The van der Waals surface area contributed by atoms with Gasteiger partial charge in [-0.1, -0.05) is 37.3 Å². The average Bonchev–Trinajstić information content (AvgIpc) is 3.17. The molecule has 9 heteroatoms. The largest absolute Gasteiger partial charge is 0.383 e. The van der Waals surface area contributed by atoms with Crippen molar-refractivity contribution in [2.75, 3.05) is 38.4 Å². The molecule has 0 spiro atoms. The van der Waals surface area contributed by atoms with Crippen molar-refractivity contribution in [1.82, 2.24) is 15.1 Å². The second kappa shape index (κ2) is 8.18. The number of carbonyl (C=O) groups excluding carboxylic acids is 2. The Morgan fingerprint density at radius 3 is 2.57 bits per heavy atom. The summed E-state index contributed by atoms with van der Waals surface area (Å²) in [5.74, 6) is -0.142. The van der Waals surface area contributed by atoms with Crippen LogP contribution in [0.25, 0.3) is 0 Å². The molecule has 1 N–H and O–H groups in total. The summed E-state index contributed by atoms with van der Waals surface area (Å²) >= 11 is 0. The number of rotatable bonds is 8. The molecule has 28 heavy (non-hydrogen) atoms. The van der Waals surface area contributed by atoms with Crippen molar-refractivity contribution in [3.05, 3.63) is 35.9 Å². The van der Waals surface area contributed by atoms with E-state index in [9.17, 15) is 18.0 Å². The van der Waals surface area contributed by atoms with E-state index >= 15 is 0 Å². The van der Waals surface area contributed by atoms with Crippen LogP contribution in [0, 0.1) is 0 Å². The molecule has 0 radical (unpaired) electrons. The van der Waals surface area contributed by atoms with E-state index in [0.29, 0.717) is 26.0 Å². The number of carbonyl (C=O) groups is 2. The lowest BCUT2D eigenvalue weighted by Crippen LogP contribution is -2.49. The predicted molar refractivity (Wildman–Crippen MR) is 104 cm³/mol. The minimum atomic E-state index is -3.08. The summed E-state index contributed by atoms with van der Waals surface area (Å²) in [7, 11) is -1.52. The van der Waals surface area contributed by atoms with Crippen LogP contribution in [0.1, 0.15) is 25.3 Å². The lowest BCUT2D eigenvalue weighted by molar-refractivity contribution is -0.133. The highest BCUT2D eigenvalue weighted by atomic mass is 32.2. The number of nitrogens with one attached hydrogen (secondary N) is 1. The van der Waals surface area contributed by atoms with Crippen molar-refractivity contribution < 1.29 is 22.7 Å². The zero-order chi connectivity index (χ0) is 20.4. The minimum Gasteiger partial charge on any atom is -0.383 e. The number of methoxy groups -OCH3 is 1. The first-order valence-electron chi connectivity index (χ1n) is 9.46. The van der Waals surface area contributed by atoms with Crippen LogP contribution in [0.15, 0.2) is 30.3 Å².